The van der Waals surface area contributed by atoms with Gasteiger partial charge in [0.25, 0.3) is 5.91 Å². The molecule has 3 aromatic rings. The number of hydrogen-bond acceptors (Lipinski definition) is 3. The van der Waals surface area contributed by atoms with Crippen molar-refractivity contribution in [2.24, 2.45) is 0 Å². The molecule has 0 bridgehead atoms. The van der Waals surface area contributed by atoms with E-state index in [2.05, 4.69) is 43.8 Å². The molecule has 1 unspecified atom stereocenters. The van der Waals surface area contributed by atoms with E-state index in [1.54, 1.807) is 11.9 Å². The molecule has 32 heavy (non-hydrogen) atoms. The number of rotatable bonds is 9. The summed E-state index contributed by atoms with van der Waals surface area (Å²) in [6.45, 7) is 0.145. The van der Waals surface area contributed by atoms with E-state index in [4.69, 9.17) is 4.74 Å². The average molecular weight is 607 g/mol. The van der Waals surface area contributed by atoms with Gasteiger partial charge in [-0.2, -0.15) is 0 Å². The third-order valence-corrected chi connectivity index (χ3v) is 6.21. The Kier molecular flexibility index (Phi) is 9.11. The maximum Gasteiger partial charge on any atom is 0.261 e. The molecule has 0 aromatic heterocycles. The van der Waals surface area contributed by atoms with Gasteiger partial charge in [-0.05, 0) is 70.1 Å². The van der Waals surface area contributed by atoms with Crippen molar-refractivity contribution in [2.75, 3.05) is 13.7 Å². The molecular weight excluding hydrogens is 583 g/mol. The lowest BCUT2D eigenvalue weighted by Gasteiger charge is -2.31. The average Bonchev–Trinajstić information content (AvgIpc) is 2.82. The fourth-order valence-corrected chi connectivity index (χ4v) is 3.89. The van der Waals surface area contributed by atoms with Crippen molar-refractivity contribution in [3.63, 3.8) is 0 Å². The molecular formula is C25H24BrIN2O3. The van der Waals surface area contributed by atoms with E-state index in [1.165, 1.54) is 0 Å². The molecule has 3 aromatic carbocycles. The second kappa shape index (κ2) is 12.0. The van der Waals surface area contributed by atoms with E-state index < -0.39 is 6.04 Å². The third-order valence-electron chi connectivity index (χ3n) is 4.96. The first kappa shape index (κ1) is 24.3. The minimum Gasteiger partial charge on any atom is -0.484 e. The second-order valence-electron chi connectivity index (χ2n) is 7.21. The topological polar surface area (TPSA) is 58.6 Å². The molecule has 0 radical (unpaired) electrons. The van der Waals surface area contributed by atoms with E-state index >= 15 is 0 Å². The summed E-state index contributed by atoms with van der Waals surface area (Å²) >= 11 is 5.65. The lowest BCUT2D eigenvalue weighted by Crippen LogP contribution is -2.51. The van der Waals surface area contributed by atoms with Crippen LogP contribution >= 0.6 is 38.5 Å². The van der Waals surface area contributed by atoms with Crippen molar-refractivity contribution in [3.05, 3.63) is 98.0 Å². The van der Waals surface area contributed by atoms with Crippen molar-refractivity contribution in [2.45, 2.75) is 19.0 Å². The molecule has 0 spiro atoms. The summed E-state index contributed by atoms with van der Waals surface area (Å²) in [6.07, 6.45) is 0.409. The molecule has 0 saturated carbocycles. The van der Waals surface area contributed by atoms with E-state index in [1.807, 2.05) is 78.9 Å². The van der Waals surface area contributed by atoms with E-state index in [0.717, 1.165) is 19.2 Å². The predicted octanol–water partition coefficient (Wildman–Crippen LogP) is 4.82. The summed E-state index contributed by atoms with van der Waals surface area (Å²) in [5.74, 6) is 0.145. The van der Waals surface area contributed by atoms with Crippen LogP contribution in [0, 0.1) is 3.57 Å². The van der Waals surface area contributed by atoms with E-state index in [0.29, 0.717) is 18.7 Å². The van der Waals surface area contributed by atoms with Crippen molar-refractivity contribution in [1.29, 1.82) is 0 Å². The van der Waals surface area contributed by atoms with Crippen LogP contribution in [-0.4, -0.2) is 36.4 Å². The molecule has 3 rings (SSSR count). The molecule has 166 valence electrons. The number of ether oxygens (including phenoxy) is 1. The SMILES string of the molecule is CNC(=O)C(Cc1ccccc1)N(Cc1ccc(Br)cc1)C(=O)COc1ccc(I)cc1. The van der Waals surface area contributed by atoms with Crippen LogP contribution < -0.4 is 10.1 Å². The van der Waals surface area contributed by atoms with Gasteiger partial charge in [0.1, 0.15) is 11.8 Å². The normalized spacial score (nSPS) is 11.5. The molecule has 0 aliphatic heterocycles. The molecule has 1 N–H and O–H groups in total. The lowest BCUT2D eigenvalue weighted by molar-refractivity contribution is -0.142. The minimum absolute atomic E-state index is 0.153. The Morgan fingerprint density at radius 3 is 2.25 bits per heavy atom. The van der Waals surface area contributed by atoms with Crippen LogP contribution in [0.15, 0.2) is 83.3 Å². The Morgan fingerprint density at radius 1 is 0.969 bits per heavy atom. The highest BCUT2D eigenvalue weighted by molar-refractivity contribution is 14.1. The number of halogens is 2. The summed E-state index contributed by atoms with van der Waals surface area (Å²) < 4.78 is 7.78. The van der Waals surface area contributed by atoms with Crippen LogP contribution in [0.5, 0.6) is 5.75 Å². The number of amides is 2. The number of nitrogens with one attached hydrogen (secondary N) is 1. The fourth-order valence-electron chi connectivity index (χ4n) is 3.27. The minimum atomic E-state index is -0.668. The van der Waals surface area contributed by atoms with Gasteiger partial charge in [-0.3, -0.25) is 9.59 Å². The summed E-state index contributed by atoms with van der Waals surface area (Å²) in [5, 5.41) is 2.71. The zero-order valence-corrected chi connectivity index (χ0v) is 21.4. The highest BCUT2D eigenvalue weighted by Gasteiger charge is 2.30. The Morgan fingerprint density at radius 2 is 1.62 bits per heavy atom. The summed E-state index contributed by atoms with van der Waals surface area (Å²) in [6, 6.07) is 24.2. The van der Waals surface area contributed by atoms with Crippen LogP contribution in [-0.2, 0) is 22.6 Å². The number of likely N-dealkylation sites (N-methyl/N-ethyl adjacent to an activating group) is 1. The fraction of sp³-hybridized carbons (Fsp3) is 0.200. The van der Waals surface area contributed by atoms with Crippen LogP contribution in [0.4, 0.5) is 0 Å². The molecule has 0 saturated heterocycles. The van der Waals surface area contributed by atoms with E-state index in [9.17, 15) is 9.59 Å². The van der Waals surface area contributed by atoms with Crippen LogP contribution in [0.2, 0.25) is 0 Å². The number of carbonyl (C=O) groups excluding carboxylic acids is 2. The highest BCUT2D eigenvalue weighted by Crippen LogP contribution is 2.18. The largest absolute Gasteiger partial charge is 0.484 e. The summed E-state index contributed by atoms with van der Waals surface area (Å²) in [7, 11) is 1.59. The lowest BCUT2D eigenvalue weighted by atomic mass is 10.0. The Labute approximate surface area is 210 Å². The summed E-state index contributed by atoms with van der Waals surface area (Å²) in [4.78, 5) is 27.8. The van der Waals surface area contributed by atoms with E-state index in [-0.39, 0.29) is 18.4 Å². The number of nitrogens with zero attached hydrogens (tertiary/aromatic N) is 1. The maximum absolute atomic E-state index is 13.3. The number of carbonyl (C=O) groups is 2. The van der Waals surface area contributed by atoms with Crippen molar-refractivity contribution >= 4 is 50.3 Å². The number of hydrogen-bond donors (Lipinski definition) is 1. The van der Waals surface area contributed by atoms with Crippen LogP contribution in [0.3, 0.4) is 0 Å². The van der Waals surface area contributed by atoms with Gasteiger partial charge in [0.15, 0.2) is 6.61 Å². The standard InChI is InChI=1S/C25H24BrIN2O3/c1-28-25(31)23(15-18-5-3-2-4-6-18)29(16-19-7-9-20(26)10-8-19)24(30)17-32-22-13-11-21(27)12-14-22/h2-14,23H,15-17H2,1H3,(H,28,31). The molecule has 2 amide bonds. The van der Waals surface area contributed by atoms with Gasteiger partial charge in [-0.1, -0.05) is 58.4 Å². The molecule has 1 atom stereocenters. The van der Waals surface area contributed by atoms with Crippen molar-refractivity contribution < 1.29 is 14.3 Å². The van der Waals surface area contributed by atoms with Gasteiger partial charge >= 0.3 is 0 Å². The molecule has 5 nitrogen and oxygen atoms in total. The first-order valence-electron chi connectivity index (χ1n) is 10.1. The van der Waals surface area contributed by atoms with Crippen LogP contribution in [0.1, 0.15) is 11.1 Å². The zero-order valence-electron chi connectivity index (χ0n) is 17.6. The van der Waals surface area contributed by atoms with Gasteiger partial charge in [0, 0.05) is 28.1 Å². The predicted molar refractivity (Wildman–Crippen MR) is 137 cm³/mol. The Bertz CT molecular complexity index is 1030. The highest BCUT2D eigenvalue weighted by atomic mass is 127. The number of benzene rings is 3. The third kappa shape index (κ3) is 7.06. The molecule has 7 heteroatoms. The Hall–Kier alpha value is -2.39. The van der Waals surface area contributed by atoms with Gasteiger partial charge in [0.2, 0.25) is 5.91 Å². The van der Waals surface area contributed by atoms with Gasteiger partial charge in [0.05, 0.1) is 0 Å². The second-order valence-corrected chi connectivity index (χ2v) is 9.37. The van der Waals surface area contributed by atoms with Crippen LogP contribution in [0.25, 0.3) is 0 Å². The van der Waals surface area contributed by atoms with Gasteiger partial charge in [-0.15, -0.1) is 0 Å². The van der Waals surface area contributed by atoms with Gasteiger partial charge < -0.3 is 15.0 Å². The first-order valence-corrected chi connectivity index (χ1v) is 12.0. The molecule has 0 heterocycles. The van der Waals surface area contributed by atoms with Crippen molar-refractivity contribution in [3.8, 4) is 5.75 Å². The van der Waals surface area contributed by atoms with Crippen molar-refractivity contribution in [1.82, 2.24) is 10.2 Å². The smallest absolute Gasteiger partial charge is 0.261 e. The first-order chi connectivity index (χ1) is 15.5. The molecule has 0 aliphatic rings. The molecule has 0 fully saturated rings. The van der Waals surface area contributed by atoms with Gasteiger partial charge in [-0.25, -0.2) is 0 Å². The maximum atomic E-state index is 13.3. The zero-order chi connectivity index (χ0) is 22.9. The molecule has 0 aliphatic carbocycles. The quantitative estimate of drug-likeness (QED) is 0.356. The Balaban J connectivity index is 1.85. The summed E-state index contributed by atoms with van der Waals surface area (Å²) in [5.41, 5.74) is 1.91. The monoisotopic (exact) mass is 606 g/mol.